The molecule has 0 amide bonds. The van der Waals surface area contributed by atoms with Crippen molar-refractivity contribution in [1.82, 2.24) is 0 Å². The van der Waals surface area contributed by atoms with Crippen molar-refractivity contribution in [1.29, 1.82) is 0 Å². The van der Waals surface area contributed by atoms with Gasteiger partial charge in [-0.1, -0.05) is 167 Å². The Morgan fingerprint density at radius 2 is 0.887 bits per heavy atom. The van der Waals surface area contributed by atoms with Crippen LogP contribution in [0.15, 0.2) is 176 Å². The summed E-state index contributed by atoms with van der Waals surface area (Å²) in [6.45, 7) is 9.48. The van der Waals surface area contributed by atoms with Gasteiger partial charge in [0.25, 0.3) is 0 Å². The highest BCUT2D eigenvalue weighted by Crippen LogP contribution is 2.57. The largest absolute Gasteiger partial charge is 0.310 e. The number of anilines is 3. The smallest absolute Gasteiger partial charge is 0.0549 e. The van der Waals surface area contributed by atoms with E-state index in [2.05, 4.69) is 209 Å². The third kappa shape index (κ3) is 4.77. The minimum absolute atomic E-state index is 0.0366. The van der Waals surface area contributed by atoms with Gasteiger partial charge in [0, 0.05) is 27.8 Å². The highest BCUT2D eigenvalue weighted by atomic mass is 15.1. The number of rotatable bonds is 5. The van der Waals surface area contributed by atoms with Crippen LogP contribution in [0.5, 0.6) is 0 Å². The fourth-order valence-electron chi connectivity index (χ4n) is 9.36. The lowest BCUT2D eigenvalue weighted by atomic mass is 9.80. The molecule has 10 rings (SSSR count). The molecule has 0 aliphatic heterocycles. The highest BCUT2D eigenvalue weighted by Gasteiger charge is 2.40. The Balaban J connectivity index is 1.15. The maximum Gasteiger partial charge on any atom is 0.0549 e. The minimum atomic E-state index is -0.144. The summed E-state index contributed by atoms with van der Waals surface area (Å²) in [4.78, 5) is 2.48. The SMILES string of the molecule is CC1(C)c2ccccc2-c2ccc(-c3ccc(N(c4ccc(-c5ccccc5)cc4)c4cc5ccccc5c5c4-c4ccccc4C5(C)C)cc3)cc21. The van der Waals surface area contributed by atoms with Crippen molar-refractivity contribution < 1.29 is 0 Å². The number of nitrogens with zero attached hydrogens (tertiary/aromatic N) is 1. The maximum atomic E-state index is 2.48. The molecule has 8 aromatic carbocycles. The molecule has 1 nitrogen and oxygen atoms in total. The molecule has 0 atom stereocenters. The van der Waals surface area contributed by atoms with Gasteiger partial charge in [-0.15, -0.1) is 0 Å². The topological polar surface area (TPSA) is 3.24 Å². The first kappa shape index (κ1) is 31.5. The summed E-state index contributed by atoms with van der Waals surface area (Å²) in [6, 6.07) is 65.2. The maximum absolute atomic E-state index is 2.48. The Hall–Kier alpha value is -6.18. The van der Waals surface area contributed by atoms with Crippen molar-refractivity contribution in [2.75, 3.05) is 4.90 Å². The van der Waals surface area contributed by atoms with E-state index in [4.69, 9.17) is 0 Å². The third-order valence-corrected chi connectivity index (χ3v) is 12.0. The van der Waals surface area contributed by atoms with Gasteiger partial charge in [-0.05, 0) is 108 Å². The summed E-state index contributed by atoms with van der Waals surface area (Å²) in [5.74, 6) is 0. The van der Waals surface area contributed by atoms with E-state index in [1.165, 1.54) is 83.2 Å². The molecule has 0 radical (unpaired) electrons. The average Bonchev–Trinajstić information content (AvgIpc) is 3.59. The van der Waals surface area contributed by atoms with Gasteiger partial charge in [-0.25, -0.2) is 0 Å². The van der Waals surface area contributed by atoms with Crippen molar-refractivity contribution in [3.05, 3.63) is 198 Å². The second kappa shape index (κ2) is 11.7. The highest BCUT2D eigenvalue weighted by molar-refractivity contribution is 6.06. The fourth-order valence-corrected chi connectivity index (χ4v) is 9.36. The van der Waals surface area contributed by atoms with Crippen LogP contribution in [-0.4, -0.2) is 0 Å². The molecule has 0 N–H and O–H groups in total. The number of benzene rings is 8. The fraction of sp³-hybridized carbons (Fsp3) is 0.115. The van der Waals surface area contributed by atoms with Crippen molar-refractivity contribution in [3.63, 3.8) is 0 Å². The van der Waals surface area contributed by atoms with Crippen LogP contribution in [0.3, 0.4) is 0 Å². The normalized spacial score (nSPS) is 14.3. The van der Waals surface area contributed by atoms with Crippen LogP contribution >= 0.6 is 0 Å². The van der Waals surface area contributed by atoms with Gasteiger partial charge >= 0.3 is 0 Å². The van der Waals surface area contributed by atoms with Crippen molar-refractivity contribution in [2.45, 2.75) is 38.5 Å². The van der Waals surface area contributed by atoms with Gasteiger partial charge in [0.05, 0.1) is 5.69 Å². The molecule has 53 heavy (non-hydrogen) atoms. The van der Waals surface area contributed by atoms with Crippen LogP contribution in [0.2, 0.25) is 0 Å². The summed E-state index contributed by atoms with van der Waals surface area (Å²) < 4.78 is 0. The molecule has 254 valence electrons. The molecule has 8 aromatic rings. The summed E-state index contributed by atoms with van der Waals surface area (Å²) in [5.41, 5.74) is 19.1. The number of fused-ring (bicyclic) bond motifs is 8. The molecule has 0 spiro atoms. The van der Waals surface area contributed by atoms with Gasteiger partial charge in [-0.3, -0.25) is 0 Å². The van der Waals surface area contributed by atoms with Gasteiger partial charge in [0.1, 0.15) is 0 Å². The molecule has 0 aromatic heterocycles. The Bertz CT molecular complexity index is 2700. The van der Waals surface area contributed by atoms with Gasteiger partial charge in [0.2, 0.25) is 0 Å². The van der Waals surface area contributed by atoms with Crippen molar-refractivity contribution in [2.24, 2.45) is 0 Å². The molecule has 2 aliphatic carbocycles. The Labute approximate surface area is 312 Å². The lowest BCUT2D eigenvalue weighted by molar-refractivity contribution is 0.660. The van der Waals surface area contributed by atoms with E-state index >= 15 is 0 Å². The van der Waals surface area contributed by atoms with E-state index in [0.717, 1.165) is 11.4 Å². The molecule has 1 heteroatoms. The first-order valence-electron chi connectivity index (χ1n) is 18.8. The van der Waals surface area contributed by atoms with Crippen molar-refractivity contribution in [3.8, 4) is 44.5 Å². The second-order valence-electron chi connectivity index (χ2n) is 15.8. The molecule has 0 saturated heterocycles. The molecular weight excluding hydrogens is 639 g/mol. The van der Waals surface area contributed by atoms with Crippen LogP contribution in [-0.2, 0) is 10.8 Å². The summed E-state index contributed by atoms with van der Waals surface area (Å²) in [6.07, 6.45) is 0. The van der Waals surface area contributed by atoms with Gasteiger partial charge < -0.3 is 4.90 Å². The monoisotopic (exact) mass is 679 g/mol. The van der Waals surface area contributed by atoms with Gasteiger partial charge in [-0.2, -0.15) is 0 Å². The molecule has 2 aliphatic rings. The first-order chi connectivity index (χ1) is 25.8. The van der Waals surface area contributed by atoms with E-state index in [-0.39, 0.29) is 10.8 Å². The summed E-state index contributed by atoms with van der Waals surface area (Å²) in [5, 5.41) is 2.58. The van der Waals surface area contributed by atoms with E-state index in [1.807, 2.05) is 0 Å². The molecule has 0 unspecified atom stereocenters. The Morgan fingerprint density at radius 3 is 1.58 bits per heavy atom. The zero-order chi connectivity index (χ0) is 35.9. The number of hydrogen-bond acceptors (Lipinski definition) is 1. The third-order valence-electron chi connectivity index (χ3n) is 12.0. The Morgan fingerprint density at radius 1 is 0.377 bits per heavy atom. The van der Waals surface area contributed by atoms with Crippen LogP contribution in [0.25, 0.3) is 55.3 Å². The quantitative estimate of drug-likeness (QED) is 0.175. The molecular formula is C52H41N. The first-order valence-corrected chi connectivity index (χ1v) is 18.8. The summed E-state index contributed by atoms with van der Waals surface area (Å²) in [7, 11) is 0. The summed E-state index contributed by atoms with van der Waals surface area (Å²) >= 11 is 0. The minimum Gasteiger partial charge on any atom is -0.310 e. The van der Waals surface area contributed by atoms with E-state index < -0.39 is 0 Å². The van der Waals surface area contributed by atoms with Crippen LogP contribution < -0.4 is 4.90 Å². The standard InChI is InChI=1S/C52H41N/c1-51(2)45-20-12-10-18-42(45)43-31-26-37(32-47(43)51)36-24-29-40(30-25-36)53(39-27-22-35(23-28-39)34-14-6-5-7-15-34)48-33-38-16-8-9-17-41(38)50-49(48)44-19-11-13-21-46(44)52(50,3)4/h5-33H,1-4H3. The van der Waals surface area contributed by atoms with Crippen LogP contribution in [0.4, 0.5) is 17.1 Å². The van der Waals surface area contributed by atoms with E-state index in [0.29, 0.717) is 0 Å². The van der Waals surface area contributed by atoms with Gasteiger partial charge in [0.15, 0.2) is 0 Å². The van der Waals surface area contributed by atoms with Crippen molar-refractivity contribution >= 4 is 27.8 Å². The van der Waals surface area contributed by atoms with Crippen LogP contribution in [0.1, 0.15) is 49.9 Å². The Kier molecular flexibility index (Phi) is 6.94. The van der Waals surface area contributed by atoms with E-state index in [1.54, 1.807) is 0 Å². The van der Waals surface area contributed by atoms with Crippen LogP contribution in [0, 0.1) is 0 Å². The second-order valence-corrected chi connectivity index (χ2v) is 15.8. The zero-order valence-electron chi connectivity index (χ0n) is 30.7. The predicted octanol–water partition coefficient (Wildman–Crippen LogP) is 14.3. The zero-order valence-corrected chi connectivity index (χ0v) is 30.7. The predicted molar refractivity (Wildman–Crippen MR) is 225 cm³/mol. The van der Waals surface area contributed by atoms with E-state index in [9.17, 15) is 0 Å². The molecule has 0 heterocycles. The molecule has 0 bridgehead atoms. The molecule has 0 fully saturated rings. The number of hydrogen-bond donors (Lipinski definition) is 0. The molecule has 0 saturated carbocycles. The lowest BCUT2D eigenvalue weighted by Crippen LogP contribution is -2.16. The lowest BCUT2D eigenvalue weighted by Gasteiger charge is -2.30. The average molecular weight is 680 g/mol.